The largest absolute Gasteiger partial charge is 0.481 e. The number of carboxylic acids is 1. The Balaban J connectivity index is 2.08. The summed E-state index contributed by atoms with van der Waals surface area (Å²) in [5.74, 6) is -1.08. The van der Waals surface area contributed by atoms with Crippen LogP contribution in [0.3, 0.4) is 0 Å². The van der Waals surface area contributed by atoms with Crippen LogP contribution in [0.4, 0.5) is 18.0 Å². The summed E-state index contributed by atoms with van der Waals surface area (Å²) in [6.07, 6.45) is -2.29. The number of unbranched alkanes of at least 4 members (excludes halogenated alkanes) is 2. The predicted octanol–water partition coefficient (Wildman–Crippen LogP) is 4.11. The van der Waals surface area contributed by atoms with Crippen LogP contribution in [0.2, 0.25) is 0 Å². The third kappa shape index (κ3) is 6.47. The molecule has 0 unspecified atom stereocenters. The Labute approximate surface area is 167 Å². The van der Waals surface area contributed by atoms with Crippen molar-refractivity contribution in [3.63, 3.8) is 0 Å². The maximum atomic E-state index is 13.0. The number of carboxylic acid groups (broad SMARTS) is 1. The number of nitrogens with zero attached hydrogens (tertiary/aromatic N) is 2. The molecule has 0 aliphatic carbocycles. The van der Waals surface area contributed by atoms with Gasteiger partial charge < -0.3 is 19.7 Å². The zero-order valence-corrected chi connectivity index (χ0v) is 16.2. The van der Waals surface area contributed by atoms with E-state index in [4.69, 9.17) is 0 Å². The van der Waals surface area contributed by atoms with Crippen LogP contribution in [0, 0.1) is 0 Å². The molecule has 1 atom stereocenters. The second-order valence-corrected chi connectivity index (χ2v) is 7.21. The average Bonchev–Trinajstić information content (AvgIpc) is 2.99. The smallest absolute Gasteiger partial charge is 0.416 e. The number of carbonyl (C=O) groups is 3. The number of alkyl halides is 3. The molecule has 0 radical (unpaired) electrons. The van der Waals surface area contributed by atoms with Crippen LogP contribution in [-0.4, -0.2) is 52.3 Å². The number of amides is 2. The Hall–Kier alpha value is -2.58. The molecule has 2 amide bonds. The van der Waals surface area contributed by atoms with Crippen molar-refractivity contribution in [2.45, 2.75) is 51.2 Å². The first-order valence-electron chi connectivity index (χ1n) is 9.53. The van der Waals surface area contributed by atoms with Crippen LogP contribution in [0.25, 0.3) is 0 Å². The molecule has 6 nitrogen and oxygen atoms in total. The highest BCUT2D eigenvalue weighted by atomic mass is 19.4. The van der Waals surface area contributed by atoms with E-state index in [-0.39, 0.29) is 23.9 Å². The molecule has 29 heavy (non-hydrogen) atoms. The number of hydrogen-bond donors (Lipinski definition) is 1. The lowest BCUT2D eigenvalue weighted by Gasteiger charge is -2.28. The highest BCUT2D eigenvalue weighted by Crippen LogP contribution is 2.34. The molecule has 2 rings (SSSR count). The summed E-state index contributed by atoms with van der Waals surface area (Å²) in [7, 11) is 0. The van der Waals surface area contributed by atoms with Crippen LogP contribution in [0.5, 0.6) is 0 Å². The summed E-state index contributed by atoms with van der Waals surface area (Å²) in [5.41, 5.74) is -0.724. The average molecular weight is 414 g/mol. The molecule has 9 heteroatoms. The van der Waals surface area contributed by atoms with Crippen LogP contribution >= 0.6 is 0 Å². The number of hydrogen-bond acceptors (Lipinski definition) is 3. The summed E-state index contributed by atoms with van der Waals surface area (Å²) < 4.78 is 39.1. The minimum atomic E-state index is -4.55. The Morgan fingerprint density at radius 1 is 1.17 bits per heavy atom. The number of aliphatic carboxylic acids is 1. The van der Waals surface area contributed by atoms with Crippen molar-refractivity contribution in [3.05, 3.63) is 35.4 Å². The van der Waals surface area contributed by atoms with Gasteiger partial charge in [-0.1, -0.05) is 18.6 Å². The lowest BCUT2D eigenvalue weighted by atomic mass is 10.00. The predicted molar refractivity (Wildman–Crippen MR) is 99.3 cm³/mol. The third-order valence-electron chi connectivity index (χ3n) is 4.93. The fraction of sp³-hybridized carbons (Fsp3) is 0.550. The van der Waals surface area contributed by atoms with Crippen LogP contribution < -0.4 is 0 Å². The van der Waals surface area contributed by atoms with Crippen molar-refractivity contribution in [3.8, 4) is 0 Å². The van der Waals surface area contributed by atoms with Gasteiger partial charge in [-0.25, -0.2) is 4.79 Å². The van der Waals surface area contributed by atoms with Gasteiger partial charge in [0.25, 0.3) is 0 Å². The summed E-state index contributed by atoms with van der Waals surface area (Å²) in [5, 5.41) is 9.23. The molecule has 0 spiro atoms. The Bertz CT molecular complexity index is 751. The quantitative estimate of drug-likeness (QED) is 0.585. The molecule has 1 aliphatic heterocycles. The van der Waals surface area contributed by atoms with Gasteiger partial charge in [-0.2, -0.15) is 13.2 Å². The van der Waals surface area contributed by atoms with Crippen molar-refractivity contribution in [2.24, 2.45) is 0 Å². The summed E-state index contributed by atoms with van der Waals surface area (Å²) >= 11 is 0. The molecular weight excluding hydrogens is 389 g/mol. The Morgan fingerprint density at radius 3 is 2.52 bits per heavy atom. The van der Waals surface area contributed by atoms with Gasteiger partial charge in [-0.15, -0.1) is 0 Å². The molecule has 0 bridgehead atoms. The van der Waals surface area contributed by atoms with Gasteiger partial charge in [-0.05, 0) is 37.5 Å². The van der Waals surface area contributed by atoms with E-state index in [9.17, 15) is 32.7 Å². The van der Waals surface area contributed by atoms with Gasteiger partial charge in [0.2, 0.25) is 0 Å². The first-order chi connectivity index (χ1) is 13.6. The van der Waals surface area contributed by atoms with Gasteiger partial charge in [0.15, 0.2) is 0 Å². The van der Waals surface area contributed by atoms with Crippen molar-refractivity contribution in [1.29, 1.82) is 0 Å². The fourth-order valence-corrected chi connectivity index (χ4v) is 3.45. The van der Waals surface area contributed by atoms with E-state index in [0.29, 0.717) is 25.9 Å². The van der Waals surface area contributed by atoms with Crippen LogP contribution in [-0.2, 0) is 15.8 Å². The van der Waals surface area contributed by atoms with E-state index in [1.807, 2.05) is 0 Å². The number of Topliss-reactive ketones (excluding diaryl/α,β-unsaturated/α-hetero) is 1. The number of halogens is 3. The monoisotopic (exact) mass is 414 g/mol. The van der Waals surface area contributed by atoms with Gasteiger partial charge in [0.05, 0.1) is 18.0 Å². The zero-order chi connectivity index (χ0) is 21.6. The number of rotatable bonds is 10. The van der Waals surface area contributed by atoms with Gasteiger partial charge in [0.1, 0.15) is 5.78 Å². The normalized spacial score (nSPS) is 15.7. The van der Waals surface area contributed by atoms with E-state index in [1.165, 1.54) is 24.0 Å². The molecule has 1 fully saturated rings. The van der Waals surface area contributed by atoms with Crippen molar-refractivity contribution >= 4 is 17.8 Å². The van der Waals surface area contributed by atoms with Crippen molar-refractivity contribution < 1.29 is 32.7 Å². The number of carbonyl (C=O) groups excluding carboxylic acids is 2. The first kappa shape index (κ1) is 22.7. The van der Waals surface area contributed by atoms with Crippen LogP contribution in [0.15, 0.2) is 24.3 Å². The molecule has 1 aliphatic rings. The molecule has 1 aromatic carbocycles. The second kappa shape index (κ2) is 9.76. The van der Waals surface area contributed by atoms with E-state index in [0.717, 1.165) is 25.0 Å². The molecule has 1 N–H and O–H groups in total. The topological polar surface area (TPSA) is 77.9 Å². The zero-order valence-electron chi connectivity index (χ0n) is 16.2. The summed E-state index contributed by atoms with van der Waals surface area (Å²) in [6, 6.07) is 3.12. The van der Waals surface area contributed by atoms with E-state index in [2.05, 4.69) is 0 Å². The maximum Gasteiger partial charge on any atom is 0.416 e. The number of benzene rings is 1. The van der Waals surface area contributed by atoms with Crippen molar-refractivity contribution in [1.82, 2.24) is 9.80 Å². The minimum absolute atomic E-state index is 0.117. The SMILES string of the molecule is CC(=O)CCCCCN1CCN([C@@H](CC(=O)O)c2cccc(C(F)(F)F)c2)C1=O. The summed E-state index contributed by atoms with van der Waals surface area (Å²) in [4.78, 5) is 37.9. The fourth-order valence-electron chi connectivity index (χ4n) is 3.45. The van der Waals surface area contributed by atoms with Gasteiger partial charge >= 0.3 is 18.2 Å². The van der Waals surface area contributed by atoms with Crippen molar-refractivity contribution in [2.75, 3.05) is 19.6 Å². The highest BCUT2D eigenvalue weighted by molar-refractivity contribution is 5.78. The number of urea groups is 1. The molecule has 160 valence electrons. The number of ketones is 1. The lowest BCUT2D eigenvalue weighted by Crippen LogP contribution is -2.36. The molecule has 0 aromatic heterocycles. The molecule has 1 aromatic rings. The molecule has 0 saturated carbocycles. The van der Waals surface area contributed by atoms with Crippen LogP contribution in [0.1, 0.15) is 56.2 Å². The second-order valence-electron chi connectivity index (χ2n) is 7.21. The van der Waals surface area contributed by atoms with Gasteiger partial charge in [0, 0.05) is 26.1 Å². The van der Waals surface area contributed by atoms with E-state index >= 15 is 0 Å². The molecule has 1 saturated heterocycles. The Kier molecular flexibility index (Phi) is 7.64. The maximum absolute atomic E-state index is 13.0. The summed E-state index contributed by atoms with van der Waals surface area (Å²) in [6.45, 7) is 2.63. The molecule has 1 heterocycles. The van der Waals surface area contributed by atoms with Gasteiger partial charge in [-0.3, -0.25) is 4.79 Å². The lowest BCUT2D eigenvalue weighted by molar-refractivity contribution is -0.138. The highest BCUT2D eigenvalue weighted by Gasteiger charge is 2.37. The Morgan fingerprint density at radius 2 is 1.90 bits per heavy atom. The standard InChI is InChI=1S/C20H25F3N2O4/c1-14(26)6-3-2-4-9-24-10-11-25(19(24)29)17(13-18(27)28)15-7-5-8-16(12-15)20(21,22)23/h5,7-8,12,17H,2-4,6,9-11,13H2,1H3,(H,27,28)/t17-/m0/s1. The molecular formula is C20H25F3N2O4. The van der Waals surface area contributed by atoms with E-state index in [1.54, 1.807) is 4.90 Å². The third-order valence-corrected chi connectivity index (χ3v) is 4.93. The van der Waals surface area contributed by atoms with E-state index < -0.39 is 30.2 Å². The first-order valence-corrected chi connectivity index (χ1v) is 9.53. The minimum Gasteiger partial charge on any atom is -0.481 e.